The Kier molecular flexibility index (Phi) is 5.24. The third-order valence-corrected chi connectivity index (χ3v) is 5.73. The van der Waals surface area contributed by atoms with Gasteiger partial charge in [-0.15, -0.1) is 0 Å². The van der Waals surface area contributed by atoms with Gasteiger partial charge in [0.2, 0.25) is 5.91 Å². The predicted octanol–water partition coefficient (Wildman–Crippen LogP) is 1.75. The fourth-order valence-electron chi connectivity index (χ4n) is 2.99. The Hall–Kier alpha value is -1.40. The molecule has 1 N–H and O–H groups in total. The first-order chi connectivity index (χ1) is 10.3. The van der Waals surface area contributed by atoms with Gasteiger partial charge < -0.3 is 5.32 Å². The van der Waals surface area contributed by atoms with Crippen LogP contribution >= 0.6 is 0 Å². The molecule has 1 saturated heterocycles. The van der Waals surface area contributed by atoms with Crippen molar-refractivity contribution in [3.63, 3.8) is 0 Å². The number of nitrogens with zero attached hydrogens (tertiary/aromatic N) is 1. The minimum absolute atomic E-state index is 0.0417. The summed E-state index contributed by atoms with van der Waals surface area (Å²) in [6, 6.07) is 5.87. The zero-order chi connectivity index (χ0) is 16.3. The van der Waals surface area contributed by atoms with Gasteiger partial charge in [-0.25, -0.2) is 8.42 Å². The third-order valence-electron chi connectivity index (χ3n) is 3.98. The number of anilines is 1. The molecule has 6 heteroatoms. The second-order valence-electron chi connectivity index (χ2n) is 6.04. The Bertz CT molecular complexity index is 635. The van der Waals surface area contributed by atoms with E-state index in [0.29, 0.717) is 13.0 Å². The van der Waals surface area contributed by atoms with Crippen LogP contribution in [-0.2, 0) is 14.6 Å². The predicted molar refractivity (Wildman–Crippen MR) is 88.9 cm³/mol. The standard InChI is InChI=1S/C16H24N2O3S/c1-4-18(15-5-6-22(20,21)11-15)10-16(19)17-14-8-12(2)7-13(3)9-14/h7-9,15H,4-6,10-11H2,1-3H3,(H,17,19). The number of nitrogens with one attached hydrogen (secondary N) is 1. The molecule has 1 unspecified atom stereocenters. The Labute approximate surface area is 132 Å². The maximum absolute atomic E-state index is 12.2. The number of carbonyl (C=O) groups is 1. The van der Waals surface area contributed by atoms with Crippen molar-refractivity contribution in [1.82, 2.24) is 4.90 Å². The van der Waals surface area contributed by atoms with Crippen molar-refractivity contribution < 1.29 is 13.2 Å². The summed E-state index contributed by atoms with van der Waals surface area (Å²) < 4.78 is 23.2. The molecule has 0 saturated carbocycles. The summed E-state index contributed by atoms with van der Waals surface area (Å²) in [5.41, 5.74) is 2.99. The van der Waals surface area contributed by atoms with Gasteiger partial charge in [-0.05, 0) is 50.1 Å². The lowest BCUT2D eigenvalue weighted by Crippen LogP contribution is -2.41. The summed E-state index contributed by atoms with van der Waals surface area (Å²) in [5.74, 6) is 0.293. The average molecular weight is 324 g/mol. The summed E-state index contributed by atoms with van der Waals surface area (Å²) in [4.78, 5) is 14.2. The lowest BCUT2D eigenvalue weighted by atomic mass is 10.1. The molecule has 0 spiro atoms. The molecule has 0 aliphatic carbocycles. The fraction of sp³-hybridized carbons (Fsp3) is 0.562. The topological polar surface area (TPSA) is 66.5 Å². The van der Waals surface area contributed by atoms with Crippen molar-refractivity contribution >= 4 is 21.4 Å². The number of hydrogen-bond acceptors (Lipinski definition) is 4. The van der Waals surface area contributed by atoms with Crippen LogP contribution in [-0.4, -0.2) is 49.9 Å². The molecular formula is C16H24N2O3S. The van der Waals surface area contributed by atoms with E-state index in [-0.39, 0.29) is 30.0 Å². The van der Waals surface area contributed by atoms with Gasteiger partial charge >= 0.3 is 0 Å². The van der Waals surface area contributed by atoms with Gasteiger partial charge in [0.25, 0.3) is 0 Å². The van der Waals surface area contributed by atoms with Crippen molar-refractivity contribution in [2.24, 2.45) is 0 Å². The highest BCUT2D eigenvalue weighted by atomic mass is 32.2. The third kappa shape index (κ3) is 4.55. The number of aryl methyl sites for hydroxylation is 2. The second kappa shape index (κ2) is 6.79. The maximum Gasteiger partial charge on any atom is 0.238 e. The van der Waals surface area contributed by atoms with Crippen LogP contribution in [0.25, 0.3) is 0 Å². The maximum atomic E-state index is 12.2. The van der Waals surface area contributed by atoms with E-state index in [4.69, 9.17) is 0 Å². The number of amides is 1. The molecule has 5 nitrogen and oxygen atoms in total. The normalized spacial score (nSPS) is 20.3. The van der Waals surface area contributed by atoms with E-state index < -0.39 is 9.84 Å². The van der Waals surface area contributed by atoms with Gasteiger partial charge in [-0.3, -0.25) is 9.69 Å². The Morgan fingerprint density at radius 1 is 1.27 bits per heavy atom. The molecule has 122 valence electrons. The lowest BCUT2D eigenvalue weighted by molar-refractivity contribution is -0.117. The van der Waals surface area contributed by atoms with E-state index in [9.17, 15) is 13.2 Å². The molecule has 1 aliphatic rings. The van der Waals surface area contributed by atoms with Gasteiger partial charge in [0.05, 0.1) is 18.1 Å². The number of rotatable bonds is 5. The van der Waals surface area contributed by atoms with Crippen LogP contribution in [0, 0.1) is 13.8 Å². The van der Waals surface area contributed by atoms with Gasteiger partial charge in [-0.2, -0.15) is 0 Å². The number of benzene rings is 1. The van der Waals surface area contributed by atoms with E-state index in [1.807, 2.05) is 37.8 Å². The van der Waals surface area contributed by atoms with Gasteiger partial charge in [-0.1, -0.05) is 13.0 Å². The van der Waals surface area contributed by atoms with Crippen LogP contribution < -0.4 is 5.32 Å². The first-order valence-corrected chi connectivity index (χ1v) is 9.44. The highest BCUT2D eigenvalue weighted by molar-refractivity contribution is 7.91. The average Bonchev–Trinajstić information content (AvgIpc) is 2.75. The van der Waals surface area contributed by atoms with Crippen LogP contribution in [0.2, 0.25) is 0 Å². The molecule has 1 aromatic carbocycles. The lowest BCUT2D eigenvalue weighted by Gasteiger charge is -2.25. The van der Waals surface area contributed by atoms with Crippen molar-refractivity contribution in [1.29, 1.82) is 0 Å². The van der Waals surface area contributed by atoms with E-state index in [1.54, 1.807) is 0 Å². The first-order valence-electron chi connectivity index (χ1n) is 7.61. The largest absolute Gasteiger partial charge is 0.325 e. The fourth-order valence-corrected chi connectivity index (χ4v) is 4.76. The number of carbonyl (C=O) groups excluding carboxylic acids is 1. The minimum Gasteiger partial charge on any atom is -0.325 e. The SMILES string of the molecule is CCN(CC(=O)Nc1cc(C)cc(C)c1)C1CCS(=O)(=O)C1. The summed E-state index contributed by atoms with van der Waals surface area (Å²) in [6.07, 6.45) is 0.618. The van der Waals surface area contributed by atoms with Crippen LogP contribution in [0.1, 0.15) is 24.5 Å². The number of likely N-dealkylation sites (N-methyl/N-ethyl adjacent to an activating group) is 1. The molecule has 1 atom stereocenters. The Balaban J connectivity index is 1.98. The van der Waals surface area contributed by atoms with E-state index >= 15 is 0 Å². The molecular weight excluding hydrogens is 300 g/mol. The van der Waals surface area contributed by atoms with Crippen LogP contribution in [0.15, 0.2) is 18.2 Å². The van der Waals surface area contributed by atoms with Crippen molar-refractivity contribution in [2.45, 2.75) is 33.2 Å². The second-order valence-corrected chi connectivity index (χ2v) is 8.27. The van der Waals surface area contributed by atoms with E-state index in [0.717, 1.165) is 16.8 Å². The quantitative estimate of drug-likeness (QED) is 0.896. The van der Waals surface area contributed by atoms with Gasteiger partial charge in [0, 0.05) is 11.7 Å². The molecule has 1 amide bonds. The summed E-state index contributed by atoms with van der Waals surface area (Å²) in [6.45, 7) is 6.83. The molecule has 0 aromatic heterocycles. The van der Waals surface area contributed by atoms with Gasteiger partial charge in [0.15, 0.2) is 9.84 Å². The molecule has 0 bridgehead atoms. The highest BCUT2D eigenvalue weighted by Crippen LogP contribution is 2.18. The van der Waals surface area contributed by atoms with Crippen molar-refractivity contribution in [2.75, 3.05) is 29.9 Å². The Morgan fingerprint density at radius 2 is 1.91 bits per heavy atom. The first kappa shape index (κ1) is 17.0. The van der Waals surface area contributed by atoms with Crippen LogP contribution in [0.5, 0.6) is 0 Å². The summed E-state index contributed by atoms with van der Waals surface area (Å²) >= 11 is 0. The van der Waals surface area contributed by atoms with E-state index in [2.05, 4.69) is 11.4 Å². The molecule has 0 radical (unpaired) electrons. The molecule has 1 aliphatic heterocycles. The summed E-state index contributed by atoms with van der Waals surface area (Å²) in [7, 11) is -2.93. The monoisotopic (exact) mass is 324 g/mol. The number of sulfone groups is 1. The Morgan fingerprint density at radius 3 is 2.41 bits per heavy atom. The molecule has 2 rings (SSSR count). The molecule has 22 heavy (non-hydrogen) atoms. The molecule has 1 heterocycles. The van der Waals surface area contributed by atoms with Crippen molar-refractivity contribution in [3.05, 3.63) is 29.3 Å². The molecule has 1 aromatic rings. The van der Waals surface area contributed by atoms with Crippen molar-refractivity contribution in [3.8, 4) is 0 Å². The summed E-state index contributed by atoms with van der Waals surface area (Å²) in [5, 5.41) is 2.90. The zero-order valence-corrected chi connectivity index (χ0v) is 14.2. The highest BCUT2D eigenvalue weighted by Gasteiger charge is 2.32. The molecule has 1 fully saturated rings. The smallest absolute Gasteiger partial charge is 0.238 e. The number of hydrogen-bond donors (Lipinski definition) is 1. The van der Waals surface area contributed by atoms with E-state index in [1.165, 1.54) is 0 Å². The zero-order valence-electron chi connectivity index (χ0n) is 13.4. The minimum atomic E-state index is -2.93. The van der Waals surface area contributed by atoms with Gasteiger partial charge in [0.1, 0.15) is 0 Å². The van der Waals surface area contributed by atoms with Crippen LogP contribution in [0.4, 0.5) is 5.69 Å². The van der Waals surface area contributed by atoms with Crippen LogP contribution in [0.3, 0.4) is 0 Å².